The Balaban J connectivity index is 1.28. The number of fused-ring (bicyclic) bond motifs is 1. The summed E-state index contributed by atoms with van der Waals surface area (Å²) in [7, 11) is -2.20. The zero-order valence-corrected chi connectivity index (χ0v) is 19.7. The van der Waals surface area contributed by atoms with Crippen LogP contribution in [0, 0.1) is 5.92 Å². The average Bonchev–Trinajstić information content (AvgIpc) is 3.56. The normalized spacial score (nSPS) is 20.3. The van der Waals surface area contributed by atoms with Crippen molar-refractivity contribution in [3.8, 4) is 0 Å². The minimum atomic E-state index is -3.78. The highest BCUT2D eigenvalue weighted by atomic mass is 32.2. The van der Waals surface area contributed by atoms with Crippen molar-refractivity contribution in [2.75, 3.05) is 19.6 Å². The number of primary amides is 1. The number of amides is 2. The predicted octanol–water partition coefficient (Wildman–Crippen LogP) is 0.931. The van der Waals surface area contributed by atoms with Gasteiger partial charge in [-0.25, -0.2) is 8.42 Å². The fourth-order valence-electron chi connectivity index (χ4n) is 5.03. The van der Waals surface area contributed by atoms with Crippen LogP contribution in [0.5, 0.6) is 0 Å². The number of hydrogen-bond donors (Lipinski definition) is 1. The van der Waals surface area contributed by atoms with E-state index in [9.17, 15) is 18.0 Å². The number of nitrogens with two attached hydrogens (primary N) is 1. The van der Waals surface area contributed by atoms with Crippen LogP contribution >= 0.6 is 0 Å². The van der Waals surface area contributed by atoms with Gasteiger partial charge < -0.3 is 15.2 Å². The van der Waals surface area contributed by atoms with Crippen molar-refractivity contribution in [3.05, 3.63) is 48.2 Å². The summed E-state index contributed by atoms with van der Waals surface area (Å²) in [6, 6.07) is 6.86. The van der Waals surface area contributed by atoms with Crippen molar-refractivity contribution in [1.29, 1.82) is 0 Å². The Morgan fingerprint density at radius 3 is 2.56 bits per heavy atom. The third-order valence-electron chi connectivity index (χ3n) is 6.85. The molecule has 5 rings (SSSR count). The molecule has 2 amide bonds. The van der Waals surface area contributed by atoms with E-state index in [4.69, 9.17) is 5.73 Å². The summed E-state index contributed by atoms with van der Waals surface area (Å²) < 4.78 is 30.9. The Labute approximate surface area is 197 Å². The van der Waals surface area contributed by atoms with Gasteiger partial charge in [0.1, 0.15) is 10.6 Å². The first-order valence-electron chi connectivity index (χ1n) is 11.3. The molecular weight excluding hydrogens is 458 g/mol. The van der Waals surface area contributed by atoms with Crippen molar-refractivity contribution in [1.82, 2.24) is 28.4 Å². The lowest BCUT2D eigenvalue weighted by atomic mass is 9.96. The zero-order valence-electron chi connectivity index (χ0n) is 18.9. The van der Waals surface area contributed by atoms with Crippen LogP contribution in [-0.4, -0.2) is 68.2 Å². The van der Waals surface area contributed by atoms with E-state index in [-0.39, 0.29) is 41.5 Å². The Bertz CT molecular complexity index is 1350. The summed E-state index contributed by atoms with van der Waals surface area (Å²) in [5, 5.41) is 8.58. The molecule has 0 spiro atoms. The molecule has 0 radical (unpaired) electrons. The number of aromatic nitrogens is 4. The van der Waals surface area contributed by atoms with Crippen LogP contribution in [-0.2, 0) is 21.9 Å². The van der Waals surface area contributed by atoms with Crippen molar-refractivity contribution < 1.29 is 18.0 Å². The molecule has 0 aliphatic carbocycles. The minimum absolute atomic E-state index is 0.0341. The standard InChI is InChI=1S/C22H27N7O4S/c1-26-14-16(13-18(26)20(23)30)34(32,33)27-11-7-15(8-12-27)22(31)28-10-4-5-17(28)21-25-24-19-6-2-3-9-29(19)21/h2-3,6,9,13-15,17H,4-5,7-8,10-12H2,1H3,(H2,23,30). The summed E-state index contributed by atoms with van der Waals surface area (Å²) in [5.74, 6) is -0.129. The van der Waals surface area contributed by atoms with Gasteiger partial charge in [0.05, 0.1) is 6.04 Å². The lowest BCUT2D eigenvalue weighted by molar-refractivity contribution is -0.137. The van der Waals surface area contributed by atoms with Crippen LogP contribution in [0.2, 0.25) is 0 Å². The van der Waals surface area contributed by atoms with Crippen LogP contribution in [0.4, 0.5) is 0 Å². The molecular formula is C22H27N7O4S. The molecule has 5 heterocycles. The second-order valence-corrected chi connectivity index (χ2v) is 10.8. The largest absolute Gasteiger partial charge is 0.364 e. The van der Waals surface area contributed by atoms with Gasteiger partial charge in [-0.3, -0.25) is 14.0 Å². The fraction of sp³-hybridized carbons (Fsp3) is 0.455. The highest BCUT2D eigenvalue weighted by Gasteiger charge is 2.39. The molecule has 1 unspecified atom stereocenters. The van der Waals surface area contributed by atoms with Gasteiger partial charge in [0.15, 0.2) is 11.5 Å². The molecule has 3 aromatic heterocycles. The third-order valence-corrected chi connectivity index (χ3v) is 8.71. The molecule has 0 bridgehead atoms. The fourth-order valence-corrected chi connectivity index (χ4v) is 6.57. The second kappa shape index (κ2) is 8.51. The van der Waals surface area contributed by atoms with Crippen molar-refractivity contribution in [2.45, 2.75) is 36.6 Å². The van der Waals surface area contributed by atoms with Gasteiger partial charge in [0.2, 0.25) is 15.9 Å². The van der Waals surface area contributed by atoms with Gasteiger partial charge in [0.25, 0.3) is 5.91 Å². The lowest BCUT2D eigenvalue weighted by Crippen LogP contribution is -2.44. The molecule has 2 aliphatic rings. The maximum atomic E-state index is 13.4. The summed E-state index contributed by atoms with van der Waals surface area (Å²) in [5.41, 5.74) is 6.19. The number of rotatable bonds is 5. The van der Waals surface area contributed by atoms with Gasteiger partial charge in [0, 0.05) is 45.0 Å². The highest BCUT2D eigenvalue weighted by molar-refractivity contribution is 7.89. The number of carbonyl (C=O) groups excluding carboxylic acids is 2. The van der Waals surface area contributed by atoms with E-state index >= 15 is 0 Å². The maximum absolute atomic E-state index is 13.4. The first-order valence-corrected chi connectivity index (χ1v) is 12.8. The first kappa shape index (κ1) is 22.5. The molecule has 2 N–H and O–H groups in total. The number of pyridine rings is 1. The lowest BCUT2D eigenvalue weighted by Gasteiger charge is -2.33. The molecule has 2 aliphatic heterocycles. The van der Waals surface area contributed by atoms with Crippen molar-refractivity contribution >= 4 is 27.5 Å². The number of aryl methyl sites for hydroxylation is 1. The SMILES string of the molecule is Cn1cc(S(=O)(=O)N2CCC(C(=O)N3CCCC3c3nnc4ccccn34)CC2)cc1C(N)=O. The topological polar surface area (TPSA) is 136 Å². The van der Waals surface area contributed by atoms with Gasteiger partial charge in [-0.2, -0.15) is 4.31 Å². The van der Waals surface area contributed by atoms with Gasteiger partial charge in [-0.1, -0.05) is 6.07 Å². The van der Waals surface area contributed by atoms with E-state index in [1.807, 2.05) is 33.7 Å². The Morgan fingerprint density at radius 2 is 1.85 bits per heavy atom. The Morgan fingerprint density at radius 1 is 1.09 bits per heavy atom. The molecule has 34 heavy (non-hydrogen) atoms. The Hall–Kier alpha value is -3.25. The van der Waals surface area contributed by atoms with Gasteiger partial charge >= 0.3 is 0 Å². The second-order valence-electron chi connectivity index (χ2n) is 8.89. The monoisotopic (exact) mass is 485 g/mol. The molecule has 2 saturated heterocycles. The van der Waals surface area contributed by atoms with E-state index in [2.05, 4.69) is 10.2 Å². The summed E-state index contributed by atoms with van der Waals surface area (Å²) in [4.78, 5) is 26.9. The number of hydrogen-bond acceptors (Lipinski definition) is 6. The molecule has 0 saturated carbocycles. The van der Waals surface area contributed by atoms with E-state index in [1.165, 1.54) is 21.1 Å². The van der Waals surface area contributed by atoms with Crippen molar-refractivity contribution in [2.24, 2.45) is 18.7 Å². The van der Waals surface area contributed by atoms with Crippen LogP contribution in [0.25, 0.3) is 5.65 Å². The molecule has 3 aromatic rings. The quantitative estimate of drug-likeness (QED) is 0.571. The van der Waals surface area contributed by atoms with Crippen LogP contribution in [0.3, 0.4) is 0 Å². The van der Waals surface area contributed by atoms with E-state index in [0.717, 1.165) is 24.3 Å². The van der Waals surface area contributed by atoms with E-state index < -0.39 is 15.9 Å². The average molecular weight is 486 g/mol. The summed E-state index contributed by atoms with van der Waals surface area (Å²) in [6.07, 6.45) is 5.90. The molecule has 2 fully saturated rings. The number of piperidine rings is 1. The number of sulfonamides is 1. The van der Waals surface area contributed by atoms with Crippen LogP contribution in [0.15, 0.2) is 41.6 Å². The summed E-state index contributed by atoms with van der Waals surface area (Å²) in [6.45, 7) is 1.14. The van der Waals surface area contributed by atoms with Crippen LogP contribution in [0.1, 0.15) is 48.0 Å². The Kier molecular flexibility index (Phi) is 5.64. The molecule has 12 heteroatoms. The number of likely N-dealkylation sites (tertiary alicyclic amines) is 1. The van der Waals surface area contributed by atoms with Crippen LogP contribution < -0.4 is 5.73 Å². The van der Waals surface area contributed by atoms with E-state index in [1.54, 1.807) is 7.05 Å². The summed E-state index contributed by atoms with van der Waals surface area (Å²) >= 11 is 0. The number of nitrogens with zero attached hydrogens (tertiary/aromatic N) is 6. The smallest absolute Gasteiger partial charge is 0.265 e. The zero-order chi connectivity index (χ0) is 24.0. The number of carbonyl (C=O) groups is 2. The molecule has 11 nitrogen and oxygen atoms in total. The first-order chi connectivity index (χ1) is 16.3. The predicted molar refractivity (Wildman–Crippen MR) is 122 cm³/mol. The van der Waals surface area contributed by atoms with Crippen molar-refractivity contribution in [3.63, 3.8) is 0 Å². The van der Waals surface area contributed by atoms with E-state index in [0.29, 0.717) is 19.4 Å². The maximum Gasteiger partial charge on any atom is 0.265 e. The highest BCUT2D eigenvalue weighted by Crippen LogP contribution is 2.34. The third kappa shape index (κ3) is 3.76. The minimum Gasteiger partial charge on any atom is -0.364 e. The molecule has 180 valence electrons. The van der Waals surface area contributed by atoms with Gasteiger partial charge in [-0.15, -0.1) is 10.2 Å². The van der Waals surface area contributed by atoms with Gasteiger partial charge in [-0.05, 0) is 43.9 Å². The molecule has 0 aromatic carbocycles. The molecule has 1 atom stereocenters.